The average Bonchev–Trinajstić information content (AvgIpc) is 2.93. The van der Waals surface area contributed by atoms with Crippen molar-refractivity contribution < 1.29 is 19.1 Å². The van der Waals surface area contributed by atoms with Crippen LogP contribution in [0.25, 0.3) is 0 Å². The molecule has 2 atom stereocenters. The molecule has 0 fully saturated rings. The van der Waals surface area contributed by atoms with Crippen molar-refractivity contribution >= 4 is 11.6 Å². The number of pyridine rings is 1. The van der Waals surface area contributed by atoms with Crippen molar-refractivity contribution in [3.63, 3.8) is 0 Å². The Morgan fingerprint density at radius 1 is 0.784 bits per heavy atom. The molecule has 0 spiro atoms. The topological polar surface area (TPSA) is 80.1 Å². The highest BCUT2D eigenvalue weighted by Crippen LogP contribution is 2.31. The molecule has 0 saturated carbocycles. The lowest BCUT2D eigenvalue weighted by molar-refractivity contribution is 0.00445. The Morgan fingerprint density at radius 3 is 1.73 bits per heavy atom. The maximum Gasteiger partial charge on any atom is 0.186 e. The van der Waals surface area contributed by atoms with Gasteiger partial charge in [-0.1, -0.05) is 50.2 Å². The number of para-hydroxylation sites is 2. The largest absolute Gasteiger partial charge is 0.376 e. The molecule has 8 heteroatoms. The van der Waals surface area contributed by atoms with Crippen LogP contribution in [0.4, 0.5) is 11.6 Å². The molecule has 3 rings (SSSR count). The third kappa shape index (κ3) is 7.13. The number of anilines is 2. The monoisotopic (exact) mass is 504 g/mol. The second-order valence-electron chi connectivity index (χ2n) is 8.20. The van der Waals surface area contributed by atoms with Crippen LogP contribution in [-0.4, -0.2) is 30.7 Å². The summed E-state index contributed by atoms with van der Waals surface area (Å²) in [4.78, 5) is 17.5. The van der Waals surface area contributed by atoms with Crippen LogP contribution < -0.4 is 19.8 Å². The molecule has 1 aromatic heterocycles. The first-order valence-electron chi connectivity index (χ1n) is 12.8. The van der Waals surface area contributed by atoms with Gasteiger partial charge in [0.05, 0.1) is 0 Å². The zero-order chi connectivity index (χ0) is 26.6. The molecule has 8 nitrogen and oxygen atoms in total. The minimum absolute atomic E-state index is 0.342. The van der Waals surface area contributed by atoms with Gasteiger partial charge in [-0.3, -0.25) is 0 Å². The highest BCUT2D eigenvalue weighted by atomic mass is 16.7. The maximum absolute atomic E-state index is 10.1. The third-order valence-corrected chi connectivity index (χ3v) is 5.56. The van der Waals surface area contributed by atoms with Gasteiger partial charge in [0.25, 0.3) is 0 Å². The molecule has 3 aromatic rings. The van der Waals surface area contributed by atoms with Crippen molar-refractivity contribution in [2.75, 3.05) is 23.3 Å². The maximum atomic E-state index is 10.1. The standard InChI is InChI=1S/C29H36N4O4/c1-6-27(34-8-3)32(36-23-16-12-10-13-17-23)26-20-22(5)25(21-30)29(31-26)33(28(7-2)35-9-4)37-24-18-14-11-15-19-24/h10-20,27-28H,6-9H2,1-5H3. The Kier molecular flexibility index (Phi) is 10.6. The van der Waals surface area contributed by atoms with E-state index >= 15 is 0 Å². The Bertz CT molecular complexity index is 1140. The van der Waals surface area contributed by atoms with E-state index in [-0.39, 0.29) is 0 Å². The summed E-state index contributed by atoms with van der Waals surface area (Å²) in [7, 11) is 0. The number of hydrogen-bond acceptors (Lipinski definition) is 8. The molecule has 0 radical (unpaired) electrons. The lowest BCUT2D eigenvalue weighted by Gasteiger charge is -2.34. The molecule has 0 aliphatic heterocycles. The summed E-state index contributed by atoms with van der Waals surface area (Å²) in [5.41, 5.74) is 1.12. The molecule has 37 heavy (non-hydrogen) atoms. The molecule has 1 heterocycles. The summed E-state index contributed by atoms with van der Waals surface area (Å²) in [5.74, 6) is 2.08. The summed E-state index contributed by atoms with van der Waals surface area (Å²) in [5, 5.41) is 13.4. The van der Waals surface area contributed by atoms with Gasteiger partial charge in [0.1, 0.15) is 11.6 Å². The van der Waals surface area contributed by atoms with Crippen LogP contribution in [0.3, 0.4) is 0 Å². The van der Waals surface area contributed by atoms with Crippen LogP contribution in [0, 0.1) is 18.3 Å². The van der Waals surface area contributed by atoms with Crippen LogP contribution in [0.1, 0.15) is 51.7 Å². The Labute approximate surface area is 219 Å². The molecular weight excluding hydrogens is 468 g/mol. The molecule has 0 amide bonds. The van der Waals surface area contributed by atoms with Gasteiger partial charge in [-0.25, -0.2) is 4.98 Å². The summed E-state index contributed by atoms with van der Waals surface area (Å²) < 4.78 is 12.0. The minimum Gasteiger partial charge on any atom is -0.376 e. The highest BCUT2D eigenvalue weighted by molar-refractivity contribution is 5.62. The summed E-state index contributed by atoms with van der Waals surface area (Å²) in [6.07, 6.45) is 0.376. The van der Waals surface area contributed by atoms with Gasteiger partial charge in [0.2, 0.25) is 0 Å². The van der Waals surface area contributed by atoms with Crippen LogP contribution in [0.2, 0.25) is 0 Å². The predicted molar refractivity (Wildman–Crippen MR) is 144 cm³/mol. The third-order valence-electron chi connectivity index (χ3n) is 5.56. The van der Waals surface area contributed by atoms with E-state index in [1.807, 2.05) is 101 Å². The highest BCUT2D eigenvalue weighted by Gasteiger charge is 2.29. The number of aryl methyl sites for hydroxylation is 1. The molecule has 2 aromatic carbocycles. The smallest absolute Gasteiger partial charge is 0.186 e. The van der Waals surface area contributed by atoms with Crippen LogP contribution in [0.5, 0.6) is 11.5 Å². The SMILES string of the molecule is CCOC(CC)N(Oc1ccccc1)c1cc(C)c(C#N)c(N(Oc2ccccc2)C(CC)OCC)n1. The van der Waals surface area contributed by atoms with E-state index in [4.69, 9.17) is 24.1 Å². The van der Waals surface area contributed by atoms with Crippen LogP contribution in [-0.2, 0) is 9.47 Å². The van der Waals surface area contributed by atoms with E-state index in [9.17, 15) is 5.26 Å². The fraction of sp³-hybridized carbons (Fsp3) is 0.379. The number of ether oxygens (including phenoxy) is 2. The first-order chi connectivity index (χ1) is 18.1. The Balaban J connectivity index is 2.16. The van der Waals surface area contributed by atoms with Gasteiger partial charge in [-0.15, -0.1) is 0 Å². The number of aromatic nitrogens is 1. The lowest BCUT2D eigenvalue weighted by Crippen LogP contribution is -2.43. The second-order valence-corrected chi connectivity index (χ2v) is 8.20. The summed E-state index contributed by atoms with van der Waals surface area (Å²) >= 11 is 0. The zero-order valence-electron chi connectivity index (χ0n) is 22.3. The van der Waals surface area contributed by atoms with Gasteiger partial charge in [0, 0.05) is 13.2 Å². The number of nitriles is 1. The van der Waals surface area contributed by atoms with Crippen LogP contribution in [0.15, 0.2) is 66.7 Å². The average molecular weight is 505 g/mol. The minimum atomic E-state index is -0.475. The molecule has 0 bridgehead atoms. The lowest BCUT2D eigenvalue weighted by atomic mass is 10.1. The predicted octanol–water partition coefficient (Wildman–Crippen LogP) is 6.41. The zero-order valence-corrected chi connectivity index (χ0v) is 22.3. The van der Waals surface area contributed by atoms with Gasteiger partial charge in [-0.2, -0.15) is 15.4 Å². The van der Waals surface area contributed by atoms with E-state index in [1.165, 1.54) is 0 Å². The van der Waals surface area contributed by atoms with Gasteiger partial charge >= 0.3 is 0 Å². The molecule has 0 saturated heterocycles. The number of benzene rings is 2. The molecule has 0 aliphatic carbocycles. The number of hydroxylamine groups is 2. The quantitative estimate of drug-likeness (QED) is 0.184. The second kappa shape index (κ2) is 14.1. The van der Waals surface area contributed by atoms with Crippen molar-refractivity contribution in [3.8, 4) is 17.6 Å². The number of rotatable bonds is 14. The van der Waals surface area contributed by atoms with E-state index in [2.05, 4.69) is 6.07 Å². The number of nitrogens with zero attached hydrogens (tertiary/aromatic N) is 4. The van der Waals surface area contributed by atoms with Crippen molar-refractivity contribution in [2.24, 2.45) is 0 Å². The van der Waals surface area contributed by atoms with Gasteiger partial charge in [-0.05, 0) is 69.5 Å². The van der Waals surface area contributed by atoms with Crippen molar-refractivity contribution in [1.82, 2.24) is 4.98 Å². The van der Waals surface area contributed by atoms with Crippen molar-refractivity contribution in [2.45, 2.75) is 59.9 Å². The van der Waals surface area contributed by atoms with Crippen molar-refractivity contribution in [1.29, 1.82) is 5.26 Å². The molecule has 196 valence electrons. The fourth-order valence-electron chi connectivity index (χ4n) is 3.82. The molecule has 0 N–H and O–H groups in total. The molecular formula is C29H36N4O4. The van der Waals surface area contributed by atoms with E-state index in [0.29, 0.717) is 54.8 Å². The van der Waals surface area contributed by atoms with E-state index in [0.717, 1.165) is 5.56 Å². The first kappa shape index (κ1) is 27.8. The van der Waals surface area contributed by atoms with E-state index < -0.39 is 12.5 Å². The van der Waals surface area contributed by atoms with Gasteiger partial charge < -0.3 is 19.1 Å². The Morgan fingerprint density at radius 2 is 1.27 bits per heavy atom. The summed E-state index contributed by atoms with van der Waals surface area (Å²) in [6, 6.07) is 23.0. The summed E-state index contributed by atoms with van der Waals surface area (Å²) in [6.45, 7) is 10.7. The van der Waals surface area contributed by atoms with Crippen molar-refractivity contribution in [3.05, 3.63) is 77.9 Å². The fourth-order valence-corrected chi connectivity index (χ4v) is 3.82. The van der Waals surface area contributed by atoms with E-state index in [1.54, 1.807) is 10.1 Å². The van der Waals surface area contributed by atoms with Crippen LogP contribution >= 0.6 is 0 Å². The first-order valence-corrected chi connectivity index (χ1v) is 12.8. The number of hydrogen-bond donors (Lipinski definition) is 0. The molecule has 0 aliphatic rings. The Hall–Kier alpha value is -3.80. The normalized spacial score (nSPS) is 12.3. The molecule has 2 unspecified atom stereocenters. The van der Waals surface area contributed by atoms with Gasteiger partial charge in [0.15, 0.2) is 35.6 Å².